The van der Waals surface area contributed by atoms with Crippen molar-refractivity contribution < 1.29 is 14.3 Å². The Labute approximate surface area is 93.3 Å². The lowest BCUT2D eigenvalue weighted by Crippen LogP contribution is -2.07. The number of hydrogen-bond donors (Lipinski definition) is 1. The standard InChI is InChI=1S/C10H7BrFNO2/c11-8-4-13(5-10(14)15)9-2-1-6(12)3-7(8)9/h1-4H,5H2,(H,14,15). The van der Waals surface area contributed by atoms with Crippen molar-refractivity contribution >= 4 is 32.8 Å². The summed E-state index contributed by atoms with van der Waals surface area (Å²) in [6.45, 7) is -0.131. The van der Waals surface area contributed by atoms with Crippen molar-refractivity contribution in [3.8, 4) is 0 Å². The summed E-state index contributed by atoms with van der Waals surface area (Å²) in [4.78, 5) is 10.6. The first kappa shape index (κ1) is 10.2. The summed E-state index contributed by atoms with van der Waals surface area (Å²) in [6.07, 6.45) is 1.64. The maximum Gasteiger partial charge on any atom is 0.323 e. The van der Waals surface area contributed by atoms with Crippen LogP contribution in [0, 0.1) is 5.82 Å². The lowest BCUT2D eigenvalue weighted by atomic mass is 10.2. The molecule has 1 heterocycles. The fourth-order valence-corrected chi connectivity index (χ4v) is 2.07. The number of aromatic nitrogens is 1. The second-order valence-corrected chi connectivity index (χ2v) is 4.01. The van der Waals surface area contributed by atoms with E-state index in [1.165, 1.54) is 12.1 Å². The topological polar surface area (TPSA) is 42.2 Å². The summed E-state index contributed by atoms with van der Waals surface area (Å²) in [5.74, 6) is -1.26. The minimum atomic E-state index is -0.927. The van der Waals surface area contributed by atoms with Crippen LogP contribution in [0.15, 0.2) is 28.9 Å². The number of aliphatic carboxylic acids is 1. The molecule has 0 atom stereocenters. The molecule has 0 fully saturated rings. The van der Waals surface area contributed by atoms with Gasteiger partial charge in [-0.2, -0.15) is 0 Å². The summed E-state index contributed by atoms with van der Waals surface area (Å²) in [6, 6.07) is 4.25. The van der Waals surface area contributed by atoms with Gasteiger partial charge in [0.2, 0.25) is 0 Å². The van der Waals surface area contributed by atoms with Crippen molar-refractivity contribution in [3.63, 3.8) is 0 Å². The maximum atomic E-state index is 12.9. The number of hydrogen-bond acceptors (Lipinski definition) is 1. The summed E-state index contributed by atoms with van der Waals surface area (Å²) < 4.78 is 15.2. The first-order valence-corrected chi connectivity index (χ1v) is 5.03. The summed E-state index contributed by atoms with van der Waals surface area (Å²) in [5.41, 5.74) is 0.700. The third kappa shape index (κ3) is 1.87. The molecule has 0 radical (unpaired) electrons. The SMILES string of the molecule is O=C(O)Cn1cc(Br)c2cc(F)ccc21. The predicted octanol–water partition coefficient (Wildman–Crippen LogP) is 2.63. The molecule has 3 nitrogen and oxygen atoms in total. The van der Waals surface area contributed by atoms with Gasteiger partial charge in [0.25, 0.3) is 0 Å². The van der Waals surface area contributed by atoms with Crippen LogP contribution in [0.25, 0.3) is 10.9 Å². The van der Waals surface area contributed by atoms with E-state index >= 15 is 0 Å². The van der Waals surface area contributed by atoms with E-state index in [-0.39, 0.29) is 12.4 Å². The molecule has 2 rings (SSSR count). The van der Waals surface area contributed by atoms with Crippen LogP contribution in [0.5, 0.6) is 0 Å². The van der Waals surface area contributed by atoms with Gasteiger partial charge in [-0.1, -0.05) is 0 Å². The Bertz CT molecular complexity index is 535. The molecular formula is C10H7BrFNO2. The molecule has 0 aliphatic rings. The van der Waals surface area contributed by atoms with Gasteiger partial charge >= 0.3 is 5.97 Å². The van der Waals surface area contributed by atoms with Crippen molar-refractivity contribution in [2.45, 2.75) is 6.54 Å². The van der Waals surface area contributed by atoms with Gasteiger partial charge in [-0.25, -0.2) is 4.39 Å². The monoisotopic (exact) mass is 271 g/mol. The molecular weight excluding hydrogens is 265 g/mol. The zero-order chi connectivity index (χ0) is 11.0. The van der Waals surface area contributed by atoms with Crippen molar-refractivity contribution in [2.24, 2.45) is 0 Å². The fraction of sp³-hybridized carbons (Fsp3) is 0.100. The van der Waals surface area contributed by atoms with Gasteiger partial charge < -0.3 is 9.67 Å². The van der Waals surface area contributed by atoms with Crippen molar-refractivity contribution in [2.75, 3.05) is 0 Å². The minimum absolute atomic E-state index is 0.131. The predicted molar refractivity (Wildman–Crippen MR) is 57.2 cm³/mol. The third-order valence-corrected chi connectivity index (χ3v) is 2.73. The fourth-order valence-electron chi connectivity index (χ4n) is 1.50. The van der Waals surface area contributed by atoms with E-state index in [9.17, 15) is 9.18 Å². The first-order valence-electron chi connectivity index (χ1n) is 4.23. The van der Waals surface area contributed by atoms with Crippen molar-refractivity contribution in [1.29, 1.82) is 0 Å². The zero-order valence-electron chi connectivity index (χ0n) is 7.58. The number of carbonyl (C=O) groups is 1. The van der Waals surface area contributed by atoms with Crippen molar-refractivity contribution in [3.05, 3.63) is 34.7 Å². The second-order valence-electron chi connectivity index (χ2n) is 3.16. The summed E-state index contributed by atoms with van der Waals surface area (Å²) in [7, 11) is 0. The van der Waals surface area contributed by atoms with Crippen LogP contribution in [0.2, 0.25) is 0 Å². The van der Waals surface area contributed by atoms with E-state index in [2.05, 4.69) is 15.9 Å². The van der Waals surface area contributed by atoms with Crippen LogP contribution in [0.1, 0.15) is 0 Å². The molecule has 2 aromatic rings. The van der Waals surface area contributed by atoms with E-state index in [1.807, 2.05) is 0 Å². The lowest BCUT2D eigenvalue weighted by molar-refractivity contribution is -0.137. The zero-order valence-corrected chi connectivity index (χ0v) is 9.16. The van der Waals surface area contributed by atoms with Crippen LogP contribution in [-0.2, 0) is 11.3 Å². The molecule has 0 aliphatic heterocycles. The van der Waals surface area contributed by atoms with Gasteiger partial charge in [0.15, 0.2) is 0 Å². The van der Waals surface area contributed by atoms with Crippen LogP contribution in [0.3, 0.4) is 0 Å². The molecule has 0 spiro atoms. The third-order valence-electron chi connectivity index (χ3n) is 2.10. The Morgan fingerprint density at radius 1 is 1.53 bits per heavy atom. The highest BCUT2D eigenvalue weighted by molar-refractivity contribution is 9.10. The number of benzene rings is 1. The quantitative estimate of drug-likeness (QED) is 0.913. The second kappa shape index (κ2) is 3.66. The molecule has 0 aliphatic carbocycles. The normalized spacial score (nSPS) is 10.8. The Kier molecular flexibility index (Phi) is 2.48. The van der Waals surface area contributed by atoms with Gasteiger partial charge in [-0.15, -0.1) is 0 Å². The molecule has 1 N–H and O–H groups in total. The molecule has 1 aromatic carbocycles. The Hall–Kier alpha value is -1.36. The molecule has 0 unspecified atom stereocenters. The maximum absolute atomic E-state index is 12.9. The first-order chi connectivity index (χ1) is 7.08. The minimum Gasteiger partial charge on any atom is -0.480 e. The number of carboxylic acids is 1. The highest BCUT2D eigenvalue weighted by atomic mass is 79.9. The highest BCUT2D eigenvalue weighted by Crippen LogP contribution is 2.26. The molecule has 0 amide bonds. The van der Waals surface area contributed by atoms with Gasteiger partial charge in [0.05, 0.1) is 0 Å². The van der Waals surface area contributed by atoms with Crippen LogP contribution >= 0.6 is 15.9 Å². The van der Waals surface area contributed by atoms with E-state index < -0.39 is 5.97 Å². The lowest BCUT2D eigenvalue weighted by Gasteiger charge is -2.00. The van der Waals surface area contributed by atoms with Gasteiger partial charge in [-0.05, 0) is 34.1 Å². The molecule has 0 bridgehead atoms. The van der Waals surface area contributed by atoms with Crippen LogP contribution in [-0.4, -0.2) is 15.6 Å². The molecule has 78 valence electrons. The molecule has 5 heteroatoms. The number of halogens is 2. The number of carboxylic acid groups (broad SMARTS) is 1. The molecule has 0 saturated carbocycles. The number of fused-ring (bicyclic) bond motifs is 1. The molecule has 15 heavy (non-hydrogen) atoms. The molecule has 1 aromatic heterocycles. The molecule has 0 saturated heterocycles. The van der Waals surface area contributed by atoms with Gasteiger partial charge in [0, 0.05) is 21.6 Å². The highest BCUT2D eigenvalue weighted by Gasteiger charge is 2.09. The Morgan fingerprint density at radius 2 is 2.27 bits per heavy atom. The van der Waals surface area contributed by atoms with E-state index in [4.69, 9.17) is 5.11 Å². The van der Waals surface area contributed by atoms with E-state index in [0.717, 1.165) is 0 Å². The van der Waals surface area contributed by atoms with E-state index in [1.54, 1.807) is 16.8 Å². The average molecular weight is 272 g/mol. The Balaban J connectivity index is 2.62. The van der Waals surface area contributed by atoms with Crippen LogP contribution < -0.4 is 0 Å². The average Bonchev–Trinajstić information content (AvgIpc) is 2.42. The number of nitrogens with zero attached hydrogens (tertiary/aromatic N) is 1. The largest absolute Gasteiger partial charge is 0.480 e. The van der Waals surface area contributed by atoms with Gasteiger partial charge in [-0.3, -0.25) is 4.79 Å². The van der Waals surface area contributed by atoms with Crippen molar-refractivity contribution in [1.82, 2.24) is 4.57 Å². The van der Waals surface area contributed by atoms with Crippen LogP contribution in [0.4, 0.5) is 4.39 Å². The smallest absolute Gasteiger partial charge is 0.323 e. The Morgan fingerprint density at radius 3 is 2.93 bits per heavy atom. The summed E-state index contributed by atoms with van der Waals surface area (Å²) >= 11 is 3.26. The van der Waals surface area contributed by atoms with Gasteiger partial charge in [0.1, 0.15) is 12.4 Å². The summed E-state index contributed by atoms with van der Waals surface area (Å²) in [5, 5.41) is 9.36. The number of rotatable bonds is 2. The van der Waals surface area contributed by atoms with E-state index in [0.29, 0.717) is 15.4 Å².